The number of ether oxygens (including phenoxy) is 2. The van der Waals surface area contributed by atoms with Gasteiger partial charge in [-0.25, -0.2) is 0 Å². The van der Waals surface area contributed by atoms with E-state index in [0.717, 1.165) is 26.2 Å². The molecule has 84 valence electrons. The number of methoxy groups -OCH3 is 1. The van der Waals surface area contributed by atoms with E-state index in [1.165, 1.54) is 6.42 Å². The van der Waals surface area contributed by atoms with Crippen molar-refractivity contribution < 1.29 is 9.47 Å². The zero-order valence-corrected chi connectivity index (χ0v) is 9.24. The van der Waals surface area contributed by atoms with Crippen LogP contribution in [0.3, 0.4) is 0 Å². The molecule has 4 nitrogen and oxygen atoms in total. The minimum absolute atomic E-state index is 0.321. The zero-order valence-electron chi connectivity index (χ0n) is 9.24. The first-order valence-corrected chi connectivity index (χ1v) is 5.30. The van der Waals surface area contributed by atoms with Gasteiger partial charge in [-0.1, -0.05) is 0 Å². The molecule has 0 amide bonds. The average molecular weight is 202 g/mol. The highest BCUT2D eigenvalue weighted by molar-refractivity contribution is 4.82. The molecule has 1 saturated heterocycles. The van der Waals surface area contributed by atoms with Gasteiger partial charge in [-0.2, -0.15) is 0 Å². The molecule has 0 aromatic rings. The molecule has 1 rings (SSSR count). The van der Waals surface area contributed by atoms with Crippen LogP contribution in [0.4, 0.5) is 0 Å². The van der Waals surface area contributed by atoms with Crippen molar-refractivity contribution in [2.24, 2.45) is 5.73 Å². The van der Waals surface area contributed by atoms with E-state index in [1.54, 1.807) is 7.11 Å². The monoisotopic (exact) mass is 202 g/mol. The lowest BCUT2D eigenvalue weighted by Crippen LogP contribution is -2.47. The summed E-state index contributed by atoms with van der Waals surface area (Å²) in [5.41, 5.74) is 5.76. The van der Waals surface area contributed by atoms with Gasteiger partial charge in [-0.15, -0.1) is 0 Å². The van der Waals surface area contributed by atoms with E-state index in [4.69, 9.17) is 15.2 Å². The molecule has 0 radical (unpaired) electrons. The van der Waals surface area contributed by atoms with Crippen LogP contribution in [0.1, 0.15) is 12.8 Å². The third-order valence-electron chi connectivity index (χ3n) is 2.85. The van der Waals surface area contributed by atoms with Gasteiger partial charge in [0.05, 0.1) is 12.7 Å². The highest BCUT2D eigenvalue weighted by atomic mass is 16.5. The highest BCUT2D eigenvalue weighted by Gasteiger charge is 2.27. The average Bonchev–Trinajstić information content (AvgIpc) is 2.69. The summed E-state index contributed by atoms with van der Waals surface area (Å²) in [4.78, 5) is 2.24. The van der Waals surface area contributed by atoms with Crippen molar-refractivity contribution in [1.29, 1.82) is 0 Å². The molecule has 1 heterocycles. The minimum atomic E-state index is 0.321. The van der Waals surface area contributed by atoms with Crippen LogP contribution in [0.2, 0.25) is 0 Å². The number of rotatable bonds is 6. The summed E-state index contributed by atoms with van der Waals surface area (Å²) in [7, 11) is 3.80. The second kappa shape index (κ2) is 6.35. The van der Waals surface area contributed by atoms with Gasteiger partial charge in [-0.05, 0) is 19.9 Å². The van der Waals surface area contributed by atoms with Crippen molar-refractivity contribution in [3.8, 4) is 0 Å². The van der Waals surface area contributed by atoms with Gasteiger partial charge in [0.15, 0.2) is 0 Å². The van der Waals surface area contributed by atoms with Crippen molar-refractivity contribution in [1.82, 2.24) is 4.90 Å². The second-order valence-electron chi connectivity index (χ2n) is 3.83. The Balaban J connectivity index is 2.34. The van der Waals surface area contributed by atoms with Gasteiger partial charge in [0.25, 0.3) is 0 Å². The van der Waals surface area contributed by atoms with E-state index >= 15 is 0 Å². The van der Waals surface area contributed by atoms with Crippen molar-refractivity contribution in [2.75, 3.05) is 40.5 Å². The van der Waals surface area contributed by atoms with Crippen LogP contribution in [0.15, 0.2) is 0 Å². The Hall–Kier alpha value is -0.160. The van der Waals surface area contributed by atoms with E-state index in [1.807, 2.05) is 0 Å². The fraction of sp³-hybridized carbons (Fsp3) is 1.00. The molecule has 0 saturated carbocycles. The molecule has 0 aliphatic carbocycles. The maximum atomic E-state index is 5.76. The first kappa shape index (κ1) is 11.9. The maximum absolute atomic E-state index is 5.76. The Kier molecular flexibility index (Phi) is 5.40. The standard InChI is InChI=1S/C10H22N2O2/c1-12(5-7-13-2)9(8-11)10-4-3-6-14-10/h9-10H,3-8,11H2,1-2H3. The molecule has 1 aliphatic rings. The van der Waals surface area contributed by atoms with Gasteiger partial charge >= 0.3 is 0 Å². The zero-order chi connectivity index (χ0) is 10.4. The summed E-state index contributed by atoms with van der Waals surface area (Å²) in [6.07, 6.45) is 2.63. The molecule has 2 N–H and O–H groups in total. The molecule has 0 aromatic heterocycles. The second-order valence-corrected chi connectivity index (χ2v) is 3.83. The van der Waals surface area contributed by atoms with Gasteiger partial charge in [0.2, 0.25) is 0 Å². The predicted octanol–water partition coefficient (Wildman–Crippen LogP) is 0.0709. The molecule has 2 atom stereocenters. The van der Waals surface area contributed by atoms with Gasteiger partial charge < -0.3 is 15.2 Å². The smallest absolute Gasteiger partial charge is 0.0743 e. The summed E-state index contributed by atoms with van der Waals surface area (Å²) in [6.45, 7) is 3.21. The first-order valence-electron chi connectivity index (χ1n) is 5.30. The highest BCUT2D eigenvalue weighted by Crippen LogP contribution is 2.18. The lowest BCUT2D eigenvalue weighted by molar-refractivity contribution is 0.0285. The molecule has 0 spiro atoms. The van der Waals surface area contributed by atoms with Crippen LogP contribution in [0.25, 0.3) is 0 Å². The van der Waals surface area contributed by atoms with Crippen molar-refractivity contribution in [3.05, 3.63) is 0 Å². The summed E-state index contributed by atoms with van der Waals surface area (Å²) < 4.78 is 10.7. The Bertz CT molecular complexity index is 149. The summed E-state index contributed by atoms with van der Waals surface area (Å²) in [5.74, 6) is 0. The minimum Gasteiger partial charge on any atom is -0.383 e. The predicted molar refractivity (Wildman–Crippen MR) is 56.3 cm³/mol. The number of nitrogens with two attached hydrogens (primary N) is 1. The van der Waals surface area contributed by atoms with E-state index in [2.05, 4.69) is 11.9 Å². The normalized spacial score (nSPS) is 24.4. The molecular weight excluding hydrogens is 180 g/mol. The van der Waals surface area contributed by atoms with Gasteiger partial charge in [0.1, 0.15) is 0 Å². The molecule has 0 aromatic carbocycles. The van der Waals surface area contributed by atoms with Gasteiger partial charge in [0, 0.05) is 32.8 Å². The Morgan fingerprint density at radius 2 is 2.43 bits per heavy atom. The topological polar surface area (TPSA) is 47.7 Å². The largest absolute Gasteiger partial charge is 0.383 e. The summed E-state index contributed by atoms with van der Waals surface area (Å²) >= 11 is 0. The van der Waals surface area contributed by atoms with Crippen LogP contribution in [0, 0.1) is 0 Å². The van der Waals surface area contributed by atoms with Crippen molar-refractivity contribution in [2.45, 2.75) is 25.0 Å². The van der Waals surface area contributed by atoms with Gasteiger partial charge in [-0.3, -0.25) is 4.90 Å². The lowest BCUT2D eigenvalue weighted by Gasteiger charge is -2.30. The molecule has 1 fully saturated rings. The molecule has 2 unspecified atom stereocenters. The first-order chi connectivity index (χ1) is 6.79. The third-order valence-corrected chi connectivity index (χ3v) is 2.85. The number of hydrogen-bond acceptors (Lipinski definition) is 4. The number of nitrogens with zero attached hydrogens (tertiary/aromatic N) is 1. The number of likely N-dealkylation sites (N-methyl/N-ethyl adjacent to an activating group) is 1. The van der Waals surface area contributed by atoms with Crippen LogP contribution in [-0.2, 0) is 9.47 Å². The van der Waals surface area contributed by atoms with E-state index in [0.29, 0.717) is 18.7 Å². The van der Waals surface area contributed by atoms with Crippen LogP contribution in [0.5, 0.6) is 0 Å². The molecule has 1 aliphatic heterocycles. The fourth-order valence-corrected chi connectivity index (χ4v) is 1.92. The van der Waals surface area contributed by atoms with E-state index in [-0.39, 0.29) is 0 Å². The van der Waals surface area contributed by atoms with Crippen molar-refractivity contribution >= 4 is 0 Å². The Morgan fingerprint density at radius 3 is 2.93 bits per heavy atom. The van der Waals surface area contributed by atoms with E-state index < -0.39 is 0 Å². The van der Waals surface area contributed by atoms with Crippen LogP contribution in [-0.4, -0.2) is 57.5 Å². The fourth-order valence-electron chi connectivity index (χ4n) is 1.92. The summed E-state index contributed by atoms with van der Waals surface area (Å²) in [5, 5.41) is 0. The van der Waals surface area contributed by atoms with Crippen LogP contribution < -0.4 is 5.73 Å². The van der Waals surface area contributed by atoms with E-state index in [9.17, 15) is 0 Å². The third kappa shape index (κ3) is 3.20. The summed E-state index contributed by atoms with van der Waals surface area (Å²) in [6, 6.07) is 0.340. The maximum Gasteiger partial charge on any atom is 0.0743 e. The molecule has 4 heteroatoms. The molecule has 0 bridgehead atoms. The molecular formula is C10H22N2O2. The van der Waals surface area contributed by atoms with Crippen LogP contribution >= 0.6 is 0 Å². The lowest BCUT2D eigenvalue weighted by atomic mass is 10.1. The van der Waals surface area contributed by atoms with Crippen molar-refractivity contribution in [3.63, 3.8) is 0 Å². The number of hydrogen-bond donors (Lipinski definition) is 1. The Morgan fingerprint density at radius 1 is 1.64 bits per heavy atom. The Labute approximate surface area is 86.3 Å². The quantitative estimate of drug-likeness (QED) is 0.662. The molecule has 14 heavy (non-hydrogen) atoms. The SMILES string of the molecule is COCCN(C)C(CN)C1CCCO1.